The predicted octanol–water partition coefficient (Wildman–Crippen LogP) is 1.99. The Morgan fingerprint density at radius 1 is 1.32 bits per heavy atom. The highest BCUT2D eigenvalue weighted by atomic mass is 32.1. The molecule has 0 unspecified atom stereocenters. The second kappa shape index (κ2) is 5.30. The number of nitrogen functional groups attached to an aromatic ring is 1. The van der Waals surface area contributed by atoms with Gasteiger partial charge in [0.1, 0.15) is 5.69 Å². The molecule has 0 spiro atoms. The molecule has 0 aliphatic carbocycles. The molecule has 0 aromatic carbocycles. The number of aromatic nitrogens is 3. The molecule has 0 amide bonds. The lowest BCUT2D eigenvalue weighted by atomic mass is 10.3. The Balaban J connectivity index is 1.67. The molecule has 1 aliphatic heterocycles. The van der Waals surface area contributed by atoms with Crippen molar-refractivity contribution in [2.75, 3.05) is 25.4 Å². The van der Waals surface area contributed by atoms with Crippen molar-refractivity contribution in [2.45, 2.75) is 26.3 Å². The largest absolute Gasteiger partial charge is 0.375 e. The molecule has 0 saturated carbocycles. The van der Waals surface area contributed by atoms with E-state index in [9.17, 15) is 0 Å². The second-order valence-corrected chi connectivity index (χ2v) is 6.01. The fourth-order valence-corrected chi connectivity index (χ4v) is 3.31. The number of nitrogens with two attached hydrogens (primary N) is 1. The molecule has 0 radical (unpaired) electrons. The first-order valence-corrected chi connectivity index (χ1v) is 7.53. The van der Waals surface area contributed by atoms with Gasteiger partial charge in [-0.05, 0) is 38.9 Å². The van der Waals surface area contributed by atoms with Gasteiger partial charge in [0.15, 0.2) is 5.13 Å². The summed E-state index contributed by atoms with van der Waals surface area (Å²) in [7, 11) is 0. The van der Waals surface area contributed by atoms with E-state index in [2.05, 4.69) is 15.0 Å². The van der Waals surface area contributed by atoms with Crippen molar-refractivity contribution in [3.8, 4) is 10.6 Å². The number of thiazole rings is 1. The van der Waals surface area contributed by atoms with Crippen LogP contribution in [0.15, 0.2) is 12.3 Å². The normalized spacial score (nSPS) is 16.3. The number of hydrogen-bond acceptors (Lipinski definition) is 5. The van der Waals surface area contributed by atoms with Crippen molar-refractivity contribution in [1.29, 1.82) is 0 Å². The third-order valence-corrected chi connectivity index (χ3v) is 4.54. The lowest BCUT2D eigenvalue weighted by molar-refractivity contribution is 0.316. The van der Waals surface area contributed by atoms with Gasteiger partial charge in [0.25, 0.3) is 0 Å². The fourth-order valence-electron chi connectivity index (χ4n) is 2.51. The predicted molar refractivity (Wildman–Crippen MR) is 78.2 cm³/mol. The zero-order valence-corrected chi connectivity index (χ0v) is 12.0. The first-order valence-electron chi connectivity index (χ1n) is 6.71. The van der Waals surface area contributed by atoms with Gasteiger partial charge >= 0.3 is 0 Å². The van der Waals surface area contributed by atoms with E-state index in [1.165, 1.54) is 37.3 Å². The minimum atomic E-state index is 0.610. The SMILES string of the molecule is Cc1nc(N)sc1-c1ccn(CCN2CCCC2)n1. The number of rotatable bonds is 4. The van der Waals surface area contributed by atoms with E-state index >= 15 is 0 Å². The van der Waals surface area contributed by atoms with Crippen molar-refractivity contribution in [3.05, 3.63) is 18.0 Å². The summed E-state index contributed by atoms with van der Waals surface area (Å²) in [6.07, 6.45) is 4.72. The summed E-state index contributed by atoms with van der Waals surface area (Å²) in [4.78, 5) is 7.82. The van der Waals surface area contributed by atoms with E-state index in [0.29, 0.717) is 5.13 Å². The van der Waals surface area contributed by atoms with Gasteiger partial charge in [-0.1, -0.05) is 11.3 Å². The average Bonchev–Trinajstić information content (AvgIpc) is 3.08. The van der Waals surface area contributed by atoms with Crippen LogP contribution < -0.4 is 5.73 Å². The van der Waals surface area contributed by atoms with Crippen molar-refractivity contribution < 1.29 is 0 Å². The summed E-state index contributed by atoms with van der Waals surface area (Å²) in [6, 6.07) is 2.05. The first kappa shape index (κ1) is 12.6. The highest BCUT2D eigenvalue weighted by molar-refractivity contribution is 7.18. The first-order chi connectivity index (χ1) is 9.22. The molecule has 2 aromatic heterocycles. The maximum absolute atomic E-state index is 5.73. The monoisotopic (exact) mass is 277 g/mol. The molecule has 102 valence electrons. The van der Waals surface area contributed by atoms with Crippen LogP contribution in [0.2, 0.25) is 0 Å². The van der Waals surface area contributed by atoms with Gasteiger partial charge in [0, 0.05) is 12.7 Å². The van der Waals surface area contributed by atoms with E-state index in [-0.39, 0.29) is 0 Å². The van der Waals surface area contributed by atoms with Crippen LogP contribution in [-0.2, 0) is 6.54 Å². The maximum atomic E-state index is 5.73. The zero-order valence-electron chi connectivity index (χ0n) is 11.2. The Bertz CT molecular complexity index is 553. The third kappa shape index (κ3) is 2.79. The lowest BCUT2D eigenvalue weighted by Crippen LogP contribution is -2.24. The molecule has 2 aromatic rings. The van der Waals surface area contributed by atoms with Crippen molar-refractivity contribution in [3.63, 3.8) is 0 Å². The van der Waals surface area contributed by atoms with Gasteiger partial charge in [0.2, 0.25) is 0 Å². The van der Waals surface area contributed by atoms with Gasteiger partial charge in [0.05, 0.1) is 17.1 Å². The van der Waals surface area contributed by atoms with Crippen LogP contribution in [0.5, 0.6) is 0 Å². The number of aryl methyl sites for hydroxylation is 1. The molecule has 5 nitrogen and oxygen atoms in total. The molecule has 1 saturated heterocycles. The summed E-state index contributed by atoms with van der Waals surface area (Å²) in [5.41, 5.74) is 7.68. The molecule has 0 bridgehead atoms. The minimum absolute atomic E-state index is 0.610. The number of hydrogen-bond donors (Lipinski definition) is 1. The number of nitrogens with zero attached hydrogens (tertiary/aromatic N) is 4. The lowest BCUT2D eigenvalue weighted by Gasteiger charge is -2.13. The van der Waals surface area contributed by atoms with Crippen LogP contribution in [0.4, 0.5) is 5.13 Å². The number of anilines is 1. The van der Waals surface area contributed by atoms with Crippen LogP contribution in [0.3, 0.4) is 0 Å². The molecule has 6 heteroatoms. The smallest absolute Gasteiger partial charge is 0.180 e. The van der Waals surface area contributed by atoms with E-state index < -0.39 is 0 Å². The van der Waals surface area contributed by atoms with Crippen molar-refractivity contribution >= 4 is 16.5 Å². The molecule has 2 N–H and O–H groups in total. The molecule has 3 rings (SSSR count). The summed E-state index contributed by atoms with van der Waals surface area (Å²) in [6.45, 7) is 6.49. The van der Waals surface area contributed by atoms with E-state index in [4.69, 9.17) is 5.73 Å². The van der Waals surface area contributed by atoms with Crippen molar-refractivity contribution in [1.82, 2.24) is 19.7 Å². The Morgan fingerprint density at radius 2 is 2.11 bits per heavy atom. The molecule has 1 aliphatic rings. The third-order valence-electron chi connectivity index (χ3n) is 3.53. The van der Waals surface area contributed by atoms with Crippen LogP contribution in [0.25, 0.3) is 10.6 Å². The minimum Gasteiger partial charge on any atom is -0.375 e. The van der Waals surface area contributed by atoms with E-state index in [1.807, 2.05) is 23.9 Å². The summed E-state index contributed by atoms with van der Waals surface area (Å²) >= 11 is 1.50. The summed E-state index contributed by atoms with van der Waals surface area (Å²) in [5.74, 6) is 0. The topological polar surface area (TPSA) is 60.0 Å². The Morgan fingerprint density at radius 3 is 2.79 bits per heavy atom. The Kier molecular flexibility index (Phi) is 3.52. The van der Waals surface area contributed by atoms with Crippen LogP contribution in [0, 0.1) is 6.92 Å². The van der Waals surface area contributed by atoms with E-state index in [1.54, 1.807) is 0 Å². The molecule has 0 atom stereocenters. The van der Waals surface area contributed by atoms with Gasteiger partial charge in [-0.2, -0.15) is 5.10 Å². The van der Waals surface area contributed by atoms with Gasteiger partial charge in [-0.15, -0.1) is 0 Å². The molecule has 3 heterocycles. The van der Waals surface area contributed by atoms with E-state index in [0.717, 1.165) is 29.4 Å². The van der Waals surface area contributed by atoms with Gasteiger partial charge < -0.3 is 10.6 Å². The number of likely N-dealkylation sites (tertiary alicyclic amines) is 1. The van der Waals surface area contributed by atoms with Crippen LogP contribution in [-0.4, -0.2) is 39.3 Å². The quantitative estimate of drug-likeness (QED) is 0.928. The fraction of sp³-hybridized carbons (Fsp3) is 0.538. The molecule has 19 heavy (non-hydrogen) atoms. The summed E-state index contributed by atoms with van der Waals surface area (Å²) < 4.78 is 2.02. The van der Waals surface area contributed by atoms with Gasteiger partial charge in [-0.3, -0.25) is 4.68 Å². The Labute approximate surface area is 117 Å². The van der Waals surface area contributed by atoms with Crippen LogP contribution >= 0.6 is 11.3 Å². The average molecular weight is 277 g/mol. The van der Waals surface area contributed by atoms with Crippen LogP contribution in [0.1, 0.15) is 18.5 Å². The van der Waals surface area contributed by atoms with Gasteiger partial charge in [-0.25, -0.2) is 4.98 Å². The molecular weight excluding hydrogens is 258 g/mol. The highest BCUT2D eigenvalue weighted by Crippen LogP contribution is 2.29. The molecule has 1 fully saturated rings. The standard InChI is InChI=1S/C13H19N5S/c1-10-12(19-13(14)15-10)11-4-7-18(16-11)9-8-17-5-2-3-6-17/h4,7H,2-3,5-6,8-9H2,1H3,(H2,14,15). The summed E-state index contributed by atoms with van der Waals surface area (Å²) in [5, 5.41) is 5.23. The van der Waals surface area contributed by atoms with Crippen molar-refractivity contribution in [2.24, 2.45) is 0 Å². The zero-order chi connectivity index (χ0) is 13.2. The highest BCUT2D eigenvalue weighted by Gasteiger charge is 2.13. The maximum Gasteiger partial charge on any atom is 0.180 e. The second-order valence-electron chi connectivity index (χ2n) is 4.98. The molecular formula is C13H19N5S. The Hall–Kier alpha value is -1.40.